The largest absolute Gasteiger partial charge is 0.265 e. The molecule has 0 atom stereocenters. The van der Waals surface area contributed by atoms with Crippen molar-refractivity contribution in [2.24, 2.45) is 4.99 Å². The van der Waals surface area contributed by atoms with E-state index in [0.717, 1.165) is 18.6 Å². The summed E-state index contributed by atoms with van der Waals surface area (Å²) in [7, 11) is 0. The zero-order chi connectivity index (χ0) is 5.82. The Bertz CT molecular complexity index is 126. The molecule has 0 saturated heterocycles. The normalized spacial score (nSPS) is 18.4. The predicted molar refractivity (Wildman–Crippen MR) is 36.5 cm³/mol. The van der Waals surface area contributed by atoms with Crippen LogP contribution in [0.4, 0.5) is 0 Å². The van der Waals surface area contributed by atoms with Crippen molar-refractivity contribution in [2.75, 3.05) is 5.88 Å². The minimum Gasteiger partial charge on any atom is -0.265 e. The molecule has 0 aromatic rings. The van der Waals surface area contributed by atoms with Gasteiger partial charge in [-0.2, -0.15) is 0 Å². The summed E-state index contributed by atoms with van der Waals surface area (Å²) >= 11 is 5.52. The molecule has 0 saturated carbocycles. The van der Waals surface area contributed by atoms with Crippen molar-refractivity contribution in [3.8, 4) is 0 Å². The molecule has 1 nitrogen and oxygen atoms in total. The van der Waals surface area contributed by atoms with Gasteiger partial charge in [-0.15, -0.1) is 11.6 Å². The maximum atomic E-state index is 5.52. The van der Waals surface area contributed by atoms with E-state index in [1.54, 1.807) is 0 Å². The van der Waals surface area contributed by atoms with Gasteiger partial charge in [-0.3, -0.25) is 4.99 Å². The van der Waals surface area contributed by atoms with E-state index in [1.807, 2.05) is 6.20 Å². The first kappa shape index (κ1) is 5.83. The van der Waals surface area contributed by atoms with Gasteiger partial charge in [0.05, 0.1) is 5.88 Å². The number of hydrogen-bond acceptors (Lipinski definition) is 1. The lowest BCUT2D eigenvalue weighted by molar-refractivity contribution is 1.05. The van der Waals surface area contributed by atoms with Crippen LogP contribution in [0.5, 0.6) is 0 Å². The van der Waals surface area contributed by atoms with E-state index in [9.17, 15) is 0 Å². The Labute approximate surface area is 54.1 Å². The molecule has 0 bridgehead atoms. The summed E-state index contributed by atoms with van der Waals surface area (Å²) in [6.07, 6.45) is 6.02. The third-order valence-corrected chi connectivity index (χ3v) is 1.42. The molecule has 2 heteroatoms. The summed E-state index contributed by atoms with van der Waals surface area (Å²) in [5.41, 5.74) is 1.11. The molecule has 0 N–H and O–H groups in total. The summed E-state index contributed by atoms with van der Waals surface area (Å²) in [6.45, 7) is 0. The third-order valence-electron chi connectivity index (χ3n) is 1.12. The molecule has 0 unspecified atom stereocenters. The summed E-state index contributed by atoms with van der Waals surface area (Å²) < 4.78 is 0. The average Bonchev–Trinajstić information content (AvgIpc) is 1.90. The monoisotopic (exact) mass is 129 g/mol. The summed E-state index contributed by atoms with van der Waals surface area (Å²) in [5, 5.41) is 0. The maximum Gasteiger partial charge on any atom is 0.0608 e. The number of rotatable bonds is 1. The number of hydrogen-bond donors (Lipinski definition) is 0. The number of alkyl halides is 1. The van der Waals surface area contributed by atoms with E-state index in [2.05, 4.69) is 11.1 Å². The number of halogens is 1. The van der Waals surface area contributed by atoms with Crippen molar-refractivity contribution in [2.45, 2.75) is 12.8 Å². The lowest BCUT2D eigenvalue weighted by Crippen LogP contribution is -2.00. The SMILES string of the molecule is ClCC1=NC=CCC1. The third kappa shape index (κ3) is 1.34. The molecule has 0 aromatic carbocycles. The van der Waals surface area contributed by atoms with Gasteiger partial charge in [0.15, 0.2) is 0 Å². The van der Waals surface area contributed by atoms with Gasteiger partial charge in [0.25, 0.3) is 0 Å². The fourth-order valence-electron chi connectivity index (χ4n) is 0.648. The minimum absolute atomic E-state index is 0.588. The molecule has 1 rings (SSSR count). The van der Waals surface area contributed by atoms with E-state index >= 15 is 0 Å². The molecule has 0 aromatic heterocycles. The Kier molecular flexibility index (Phi) is 2.10. The first-order valence-corrected chi connectivity index (χ1v) is 3.23. The van der Waals surface area contributed by atoms with Crippen LogP contribution >= 0.6 is 11.6 Å². The molecular formula is C6H8ClN. The van der Waals surface area contributed by atoms with E-state index in [4.69, 9.17) is 11.6 Å². The summed E-state index contributed by atoms with van der Waals surface area (Å²) in [6, 6.07) is 0. The van der Waals surface area contributed by atoms with Crippen molar-refractivity contribution in [3.63, 3.8) is 0 Å². The van der Waals surface area contributed by atoms with Crippen LogP contribution in [0.3, 0.4) is 0 Å². The van der Waals surface area contributed by atoms with Crippen molar-refractivity contribution < 1.29 is 0 Å². The van der Waals surface area contributed by atoms with Crippen LogP contribution in [-0.4, -0.2) is 11.6 Å². The van der Waals surface area contributed by atoms with Gasteiger partial charge in [0.2, 0.25) is 0 Å². The Morgan fingerprint density at radius 3 is 3.00 bits per heavy atom. The van der Waals surface area contributed by atoms with Crippen molar-refractivity contribution in [3.05, 3.63) is 12.3 Å². The highest BCUT2D eigenvalue weighted by molar-refractivity contribution is 6.28. The van der Waals surface area contributed by atoms with Gasteiger partial charge in [-0.25, -0.2) is 0 Å². The van der Waals surface area contributed by atoms with Crippen LogP contribution in [-0.2, 0) is 0 Å². The lowest BCUT2D eigenvalue weighted by Gasteiger charge is -2.00. The van der Waals surface area contributed by atoms with Crippen LogP contribution in [0.2, 0.25) is 0 Å². The van der Waals surface area contributed by atoms with E-state index in [1.165, 1.54) is 0 Å². The molecular weight excluding hydrogens is 122 g/mol. The Balaban J connectivity index is 2.50. The van der Waals surface area contributed by atoms with Crippen LogP contribution < -0.4 is 0 Å². The fraction of sp³-hybridized carbons (Fsp3) is 0.500. The van der Waals surface area contributed by atoms with Gasteiger partial charge in [-0.1, -0.05) is 6.08 Å². The van der Waals surface area contributed by atoms with E-state index in [-0.39, 0.29) is 0 Å². The van der Waals surface area contributed by atoms with Crippen LogP contribution in [0.1, 0.15) is 12.8 Å². The van der Waals surface area contributed by atoms with Crippen molar-refractivity contribution in [1.82, 2.24) is 0 Å². The molecule has 0 spiro atoms. The zero-order valence-electron chi connectivity index (χ0n) is 4.60. The molecule has 0 fully saturated rings. The molecule has 0 aliphatic carbocycles. The molecule has 0 amide bonds. The number of aliphatic imine (C=N–C) groups is 1. The maximum absolute atomic E-state index is 5.52. The van der Waals surface area contributed by atoms with E-state index < -0.39 is 0 Å². The second kappa shape index (κ2) is 2.88. The second-order valence-electron chi connectivity index (χ2n) is 1.75. The van der Waals surface area contributed by atoms with Gasteiger partial charge < -0.3 is 0 Å². The van der Waals surface area contributed by atoms with Crippen LogP contribution in [0.25, 0.3) is 0 Å². The van der Waals surface area contributed by atoms with Gasteiger partial charge in [-0.05, 0) is 12.8 Å². The second-order valence-corrected chi connectivity index (χ2v) is 2.02. The van der Waals surface area contributed by atoms with Gasteiger partial charge >= 0.3 is 0 Å². The van der Waals surface area contributed by atoms with Crippen molar-refractivity contribution >= 4 is 17.3 Å². The number of nitrogens with zero attached hydrogens (tertiary/aromatic N) is 1. The summed E-state index contributed by atoms with van der Waals surface area (Å²) in [5.74, 6) is 0.588. The molecule has 1 aliphatic rings. The first-order valence-electron chi connectivity index (χ1n) is 2.70. The van der Waals surface area contributed by atoms with Gasteiger partial charge in [0, 0.05) is 11.9 Å². The standard InChI is InChI=1S/C6H8ClN/c7-5-6-3-1-2-4-8-6/h2,4H,1,3,5H2. The Morgan fingerprint density at radius 1 is 1.75 bits per heavy atom. The van der Waals surface area contributed by atoms with Crippen LogP contribution in [0.15, 0.2) is 17.3 Å². The lowest BCUT2D eigenvalue weighted by atomic mass is 10.2. The smallest absolute Gasteiger partial charge is 0.0608 e. The fourth-order valence-corrected chi connectivity index (χ4v) is 0.851. The Hall–Kier alpha value is -0.300. The highest BCUT2D eigenvalue weighted by Gasteiger charge is 1.96. The predicted octanol–water partition coefficient (Wildman–Crippen LogP) is 1.97. The topological polar surface area (TPSA) is 12.4 Å². The first-order chi connectivity index (χ1) is 3.93. The quantitative estimate of drug-likeness (QED) is 0.480. The van der Waals surface area contributed by atoms with Crippen LogP contribution in [0, 0.1) is 0 Å². The molecule has 8 heavy (non-hydrogen) atoms. The molecule has 1 heterocycles. The Morgan fingerprint density at radius 2 is 2.62 bits per heavy atom. The molecule has 44 valence electrons. The molecule has 1 aliphatic heterocycles. The highest BCUT2D eigenvalue weighted by Crippen LogP contribution is 2.02. The highest BCUT2D eigenvalue weighted by atomic mass is 35.5. The zero-order valence-corrected chi connectivity index (χ0v) is 5.36. The average molecular weight is 130 g/mol. The molecule has 0 radical (unpaired) electrons. The van der Waals surface area contributed by atoms with Gasteiger partial charge in [0.1, 0.15) is 0 Å². The van der Waals surface area contributed by atoms with Crippen molar-refractivity contribution in [1.29, 1.82) is 0 Å². The summed E-state index contributed by atoms with van der Waals surface area (Å²) in [4.78, 5) is 4.05. The van der Waals surface area contributed by atoms with E-state index in [0.29, 0.717) is 5.88 Å². The number of allylic oxidation sites excluding steroid dienone is 1. The minimum atomic E-state index is 0.588.